The fourth-order valence-corrected chi connectivity index (χ4v) is 3.92. The SMILES string of the molecule is O=C(N/N=C/c1ccc(OCc2ccc3c(c2)OCO3)c(I)c1)c1cc2ccccc2o1. The summed E-state index contributed by atoms with van der Waals surface area (Å²) in [6.45, 7) is 0.660. The first-order valence-electron chi connectivity index (χ1n) is 9.78. The lowest BCUT2D eigenvalue weighted by Crippen LogP contribution is -2.16. The molecule has 8 heteroatoms. The van der Waals surface area contributed by atoms with E-state index in [1.54, 1.807) is 12.3 Å². The number of hydrogen-bond donors (Lipinski definition) is 1. The standard InChI is InChI=1S/C24H17IN2O5/c25-18-9-15(12-26-27-24(28)23-11-17-3-1-2-4-19(17)32-23)5-7-20(18)29-13-16-6-8-21-22(10-16)31-14-30-21/h1-12H,13-14H2,(H,27,28)/b26-12+. The summed E-state index contributed by atoms with van der Waals surface area (Å²) in [6, 6.07) is 20.5. The van der Waals surface area contributed by atoms with E-state index in [9.17, 15) is 4.79 Å². The van der Waals surface area contributed by atoms with Gasteiger partial charge < -0.3 is 18.6 Å². The van der Waals surface area contributed by atoms with Crippen molar-refractivity contribution >= 4 is 45.7 Å². The van der Waals surface area contributed by atoms with E-state index in [-0.39, 0.29) is 12.6 Å². The molecule has 5 rings (SSSR count). The topological polar surface area (TPSA) is 82.3 Å². The second kappa shape index (κ2) is 8.91. The Bertz CT molecular complexity index is 1300. The Balaban J connectivity index is 1.19. The average molecular weight is 540 g/mol. The maximum absolute atomic E-state index is 12.3. The zero-order valence-electron chi connectivity index (χ0n) is 16.7. The van der Waals surface area contributed by atoms with Crippen molar-refractivity contribution in [2.24, 2.45) is 5.10 Å². The van der Waals surface area contributed by atoms with Gasteiger partial charge in [-0.25, -0.2) is 5.43 Å². The number of carbonyl (C=O) groups excluding carboxylic acids is 1. The van der Waals surface area contributed by atoms with Crippen molar-refractivity contribution in [3.63, 3.8) is 0 Å². The summed E-state index contributed by atoms with van der Waals surface area (Å²) in [4.78, 5) is 12.3. The number of ether oxygens (including phenoxy) is 3. The van der Waals surface area contributed by atoms with Crippen molar-refractivity contribution in [3.8, 4) is 17.2 Å². The van der Waals surface area contributed by atoms with E-state index in [2.05, 4.69) is 33.1 Å². The summed E-state index contributed by atoms with van der Waals surface area (Å²) in [5.41, 5.74) is 4.97. The number of hydrogen-bond acceptors (Lipinski definition) is 6. The fourth-order valence-electron chi connectivity index (χ4n) is 3.22. The third kappa shape index (κ3) is 4.40. The van der Waals surface area contributed by atoms with Crippen LogP contribution in [0.3, 0.4) is 0 Å². The van der Waals surface area contributed by atoms with Crippen LogP contribution in [-0.4, -0.2) is 18.9 Å². The molecule has 1 amide bonds. The van der Waals surface area contributed by atoms with Gasteiger partial charge in [-0.2, -0.15) is 5.10 Å². The van der Waals surface area contributed by atoms with Crippen LogP contribution in [0.4, 0.5) is 0 Å². The Kier molecular flexibility index (Phi) is 5.68. The molecule has 1 aromatic heterocycles. The molecule has 0 saturated carbocycles. The van der Waals surface area contributed by atoms with Crippen LogP contribution in [-0.2, 0) is 6.61 Å². The highest BCUT2D eigenvalue weighted by atomic mass is 127. The molecule has 2 heterocycles. The number of furan rings is 1. The number of halogens is 1. The van der Waals surface area contributed by atoms with Crippen LogP contribution in [0, 0.1) is 3.57 Å². The quantitative estimate of drug-likeness (QED) is 0.209. The third-order valence-electron chi connectivity index (χ3n) is 4.82. The van der Waals surface area contributed by atoms with Crippen LogP contribution in [0.5, 0.6) is 17.2 Å². The molecular weight excluding hydrogens is 523 g/mol. The molecule has 0 radical (unpaired) electrons. The van der Waals surface area contributed by atoms with Gasteiger partial charge in [-0.05, 0) is 76.2 Å². The first-order chi connectivity index (χ1) is 15.7. The fraction of sp³-hybridized carbons (Fsp3) is 0.0833. The van der Waals surface area contributed by atoms with E-state index >= 15 is 0 Å². The number of nitrogens with one attached hydrogen (secondary N) is 1. The first kappa shape index (κ1) is 20.4. The number of rotatable bonds is 6. The number of para-hydroxylation sites is 1. The van der Waals surface area contributed by atoms with Crippen molar-refractivity contribution in [1.29, 1.82) is 0 Å². The molecule has 0 unspecified atom stereocenters. The molecule has 0 atom stereocenters. The largest absolute Gasteiger partial charge is 0.488 e. The van der Waals surface area contributed by atoms with Crippen molar-refractivity contribution in [2.45, 2.75) is 6.61 Å². The van der Waals surface area contributed by atoms with Gasteiger partial charge in [0.2, 0.25) is 6.79 Å². The molecule has 32 heavy (non-hydrogen) atoms. The van der Waals surface area contributed by atoms with Crippen LogP contribution in [0.15, 0.2) is 76.2 Å². The maximum Gasteiger partial charge on any atom is 0.307 e. The molecule has 1 aliphatic rings. The van der Waals surface area contributed by atoms with E-state index in [4.69, 9.17) is 18.6 Å². The molecule has 0 fully saturated rings. The molecular formula is C24H17IN2O5. The predicted molar refractivity (Wildman–Crippen MR) is 127 cm³/mol. The minimum absolute atomic E-state index is 0.213. The van der Waals surface area contributed by atoms with E-state index in [0.717, 1.165) is 37.3 Å². The van der Waals surface area contributed by atoms with Gasteiger partial charge in [-0.3, -0.25) is 4.79 Å². The summed E-state index contributed by atoms with van der Waals surface area (Å²) in [7, 11) is 0. The lowest BCUT2D eigenvalue weighted by atomic mass is 10.2. The maximum atomic E-state index is 12.3. The molecule has 0 bridgehead atoms. The minimum atomic E-state index is -0.407. The zero-order valence-corrected chi connectivity index (χ0v) is 18.9. The summed E-state index contributed by atoms with van der Waals surface area (Å²) in [5.74, 6) is 2.05. The Morgan fingerprint density at radius 3 is 2.81 bits per heavy atom. The van der Waals surface area contributed by atoms with Gasteiger partial charge in [0, 0.05) is 5.39 Å². The predicted octanol–water partition coefficient (Wildman–Crippen LogP) is 5.11. The number of fused-ring (bicyclic) bond motifs is 2. The smallest absolute Gasteiger partial charge is 0.307 e. The molecule has 0 saturated heterocycles. The molecule has 1 N–H and O–H groups in total. The van der Waals surface area contributed by atoms with E-state index in [1.165, 1.54) is 0 Å². The van der Waals surface area contributed by atoms with E-state index in [1.807, 2.05) is 60.7 Å². The lowest BCUT2D eigenvalue weighted by Gasteiger charge is -2.09. The zero-order chi connectivity index (χ0) is 21.9. The summed E-state index contributed by atoms with van der Waals surface area (Å²) in [6.07, 6.45) is 1.57. The normalized spacial score (nSPS) is 12.4. The highest BCUT2D eigenvalue weighted by Crippen LogP contribution is 2.33. The van der Waals surface area contributed by atoms with Gasteiger partial charge >= 0.3 is 5.91 Å². The van der Waals surface area contributed by atoms with Crippen molar-refractivity contribution in [3.05, 3.63) is 87.2 Å². The lowest BCUT2D eigenvalue weighted by molar-refractivity contribution is 0.0929. The summed E-state index contributed by atoms with van der Waals surface area (Å²) < 4.78 is 23.1. The van der Waals surface area contributed by atoms with Gasteiger partial charge in [-0.1, -0.05) is 24.3 Å². The van der Waals surface area contributed by atoms with Crippen molar-refractivity contribution in [2.75, 3.05) is 6.79 Å². The second-order valence-electron chi connectivity index (χ2n) is 7.01. The highest BCUT2D eigenvalue weighted by Gasteiger charge is 2.14. The van der Waals surface area contributed by atoms with Crippen molar-refractivity contribution < 1.29 is 23.4 Å². The number of nitrogens with zero attached hydrogens (tertiary/aromatic N) is 1. The third-order valence-corrected chi connectivity index (χ3v) is 5.66. The molecule has 0 spiro atoms. The van der Waals surface area contributed by atoms with Crippen LogP contribution < -0.4 is 19.6 Å². The van der Waals surface area contributed by atoms with Gasteiger partial charge in [0.1, 0.15) is 17.9 Å². The van der Waals surface area contributed by atoms with Gasteiger partial charge in [0.25, 0.3) is 0 Å². The molecule has 160 valence electrons. The van der Waals surface area contributed by atoms with Crippen LogP contribution in [0.2, 0.25) is 0 Å². The summed E-state index contributed by atoms with van der Waals surface area (Å²) in [5, 5.41) is 4.90. The summed E-state index contributed by atoms with van der Waals surface area (Å²) >= 11 is 2.21. The Morgan fingerprint density at radius 1 is 1.06 bits per heavy atom. The Morgan fingerprint density at radius 2 is 1.94 bits per heavy atom. The number of carbonyl (C=O) groups is 1. The Hall–Kier alpha value is -3.53. The molecule has 7 nitrogen and oxygen atoms in total. The van der Waals surface area contributed by atoms with Gasteiger partial charge in [0.05, 0.1) is 9.78 Å². The molecule has 3 aromatic carbocycles. The highest BCUT2D eigenvalue weighted by molar-refractivity contribution is 14.1. The van der Waals surface area contributed by atoms with Gasteiger partial charge in [-0.15, -0.1) is 0 Å². The van der Waals surface area contributed by atoms with Crippen LogP contribution >= 0.6 is 22.6 Å². The second-order valence-corrected chi connectivity index (χ2v) is 8.18. The molecule has 1 aliphatic heterocycles. The molecule has 4 aromatic rings. The van der Waals surface area contributed by atoms with E-state index in [0.29, 0.717) is 12.2 Å². The van der Waals surface area contributed by atoms with E-state index < -0.39 is 5.91 Å². The monoisotopic (exact) mass is 540 g/mol. The first-order valence-corrected chi connectivity index (χ1v) is 10.9. The number of amides is 1. The minimum Gasteiger partial charge on any atom is -0.488 e. The van der Waals surface area contributed by atoms with Gasteiger partial charge in [0.15, 0.2) is 17.3 Å². The average Bonchev–Trinajstić information content (AvgIpc) is 3.45. The Labute approximate surface area is 197 Å². The van der Waals surface area contributed by atoms with Crippen LogP contribution in [0.1, 0.15) is 21.7 Å². The molecule has 0 aliphatic carbocycles. The number of hydrazone groups is 1. The van der Waals surface area contributed by atoms with Crippen LogP contribution in [0.25, 0.3) is 11.0 Å². The van der Waals surface area contributed by atoms with Crippen molar-refractivity contribution in [1.82, 2.24) is 5.43 Å². The number of benzene rings is 3.